The number of carboxylic acid groups (broad SMARTS) is 1. The van der Waals surface area contributed by atoms with Gasteiger partial charge in [0.05, 0.1) is 11.0 Å². The van der Waals surface area contributed by atoms with Crippen molar-refractivity contribution < 1.29 is 14.7 Å². The minimum atomic E-state index is -1.11. The molecule has 8 heteroatoms. The van der Waals surface area contributed by atoms with Gasteiger partial charge in [-0.3, -0.25) is 14.4 Å². The summed E-state index contributed by atoms with van der Waals surface area (Å²) < 4.78 is 0. The number of fused-ring (bicyclic) bond motifs is 1. The summed E-state index contributed by atoms with van der Waals surface area (Å²) in [4.78, 5) is 50.7. The molecule has 1 heterocycles. The Bertz CT molecular complexity index is 865. The Morgan fingerprint density at radius 3 is 2.30 bits per heavy atom. The molecule has 2 aromatic rings. The minimum absolute atomic E-state index is 0.106. The van der Waals surface area contributed by atoms with Crippen molar-refractivity contribution in [3.8, 4) is 0 Å². The van der Waals surface area contributed by atoms with E-state index < -0.39 is 29.0 Å². The van der Waals surface area contributed by atoms with Gasteiger partial charge in [0, 0.05) is 5.56 Å². The quantitative estimate of drug-likeness (QED) is 0.594. The maximum atomic E-state index is 12.2. The second-order valence-corrected chi connectivity index (χ2v) is 5.66. The van der Waals surface area contributed by atoms with Crippen molar-refractivity contribution in [2.45, 2.75) is 26.3 Å². The van der Waals surface area contributed by atoms with E-state index in [-0.39, 0.29) is 17.0 Å². The second-order valence-electron chi connectivity index (χ2n) is 5.66. The van der Waals surface area contributed by atoms with Crippen LogP contribution < -0.4 is 16.4 Å². The van der Waals surface area contributed by atoms with Gasteiger partial charge < -0.3 is 20.4 Å². The van der Waals surface area contributed by atoms with Crippen LogP contribution in [0.25, 0.3) is 11.0 Å². The van der Waals surface area contributed by atoms with Crippen LogP contribution in [-0.2, 0) is 4.79 Å². The van der Waals surface area contributed by atoms with Crippen molar-refractivity contribution in [2.75, 3.05) is 0 Å². The number of amides is 1. The molecule has 0 aliphatic heterocycles. The maximum Gasteiger partial charge on any atom is 0.326 e. The highest BCUT2D eigenvalue weighted by Gasteiger charge is 2.21. The fourth-order valence-corrected chi connectivity index (χ4v) is 2.19. The number of carbonyl (C=O) groups excluding carboxylic acids is 1. The first-order valence-electron chi connectivity index (χ1n) is 7.08. The second kappa shape index (κ2) is 6.47. The molecule has 1 atom stereocenters. The Morgan fingerprint density at radius 2 is 1.74 bits per heavy atom. The highest BCUT2D eigenvalue weighted by atomic mass is 16.4. The lowest BCUT2D eigenvalue weighted by atomic mass is 10.0. The minimum Gasteiger partial charge on any atom is -0.480 e. The molecule has 23 heavy (non-hydrogen) atoms. The fourth-order valence-electron chi connectivity index (χ4n) is 2.19. The zero-order valence-corrected chi connectivity index (χ0v) is 12.7. The van der Waals surface area contributed by atoms with Gasteiger partial charge in [-0.1, -0.05) is 13.8 Å². The van der Waals surface area contributed by atoms with Crippen molar-refractivity contribution in [1.82, 2.24) is 15.3 Å². The van der Waals surface area contributed by atoms with Gasteiger partial charge in [-0.05, 0) is 30.5 Å². The third-order valence-corrected chi connectivity index (χ3v) is 3.29. The molecule has 1 aromatic heterocycles. The number of hydrogen-bond acceptors (Lipinski definition) is 4. The van der Waals surface area contributed by atoms with Crippen LogP contribution in [0.5, 0.6) is 0 Å². The van der Waals surface area contributed by atoms with Crippen LogP contribution in [0.2, 0.25) is 0 Å². The number of H-pyrrole nitrogens is 2. The lowest BCUT2D eigenvalue weighted by Crippen LogP contribution is -2.41. The summed E-state index contributed by atoms with van der Waals surface area (Å²) in [6, 6.07) is 3.31. The molecule has 4 N–H and O–H groups in total. The maximum absolute atomic E-state index is 12.2. The SMILES string of the molecule is CC(C)C[C@H](NC(=O)c1ccc2[nH]c(=O)c(=O)[nH]c2c1)C(=O)O. The number of aliphatic carboxylic acids is 1. The number of rotatable bonds is 5. The highest BCUT2D eigenvalue weighted by Crippen LogP contribution is 2.11. The normalized spacial score (nSPS) is 12.3. The number of aromatic amines is 2. The highest BCUT2D eigenvalue weighted by molar-refractivity contribution is 5.99. The monoisotopic (exact) mass is 319 g/mol. The van der Waals surface area contributed by atoms with E-state index in [2.05, 4.69) is 15.3 Å². The summed E-state index contributed by atoms with van der Waals surface area (Å²) in [5, 5.41) is 11.6. The van der Waals surface area contributed by atoms with Gasteiger partial charge in [-0.2, -0.15) is 0 Å². The summed E-state index contributed by atoms with van der Waals surface area (Å²) in [6.07, 6.45) is 0.304. The summed E-state index contributed by atoms with van der Waals surface area (Å²) in [7, 11) is 0. The molecule has 0 bridgehead atoms. The van der Waals surface area contributed by atoms with E-state index in [1.807, 2.05) is 13.8 Å². The van der Waals surface area contributed by atoms with Crippen LogP contribution in [-0.4, -0.2) is 33.0 Å². The van der Waals surface area contributed by atoms with Gasteiger partial charge in [-0.15, -0.1) is 0 Å². The van der Waals surface area contributed by atoms with Gasteiger partial charge in [0.2, 0.25) is 0 Å². The Labute approximate surface area is 130 Å². The average molecular weight is 319 g/mol. The average Bonchev–Trinajstić information content (AvgIpc) is 2.46. The summed E-state index contributed by atoms with van der Waals surface area (Å²) in [6.45, 7) is 3.72. The van der Waals surface area contributed by atoms with Crippen LogP contribution in [0.4, 0.5) is 0 Å². The number of carboxylic acids is 1. The predicted molar refractivity (Wildman–Crippen MR) is 83.5 cm³/mol. The van der Waals surface area contributed by atoms with E-state index in [1.54, 1.807) is 0 Å². The standard InChI is InChI=1S/C15H17N3O5/c1-7(2)5-11(15(22)23)18-12(19)8-3-4-9-10(6-8)17-14(21)13(20)16-9/h3-4,6-7,11H,5H2,1-2H3,(H,16,20)(H,17,21)(H,18,19)(H,22,23)/t11-/m0/s1. The van der Waals surface area contributed by atoms with Crippen LogP contribution in [0.15, 0.2) is 27.8 Å². The molecule has 122 valence electrons. The fraction of sp³-hybridized carbons (Fsp3) is 0.333. The number of carbonyl (C=O) groups is 2. The van der Waals surface area contributed by atoms with Gasteiger partial charge in [0.15, 0.2) is 0 Å². The zero-order chi connectivity index (χ0) is 17.1. The third kappa shape index (κ3) is 3.85. The van der Waals surface area contributed by atoms with Crippen LogP contribution >= 0.6 is 0 Å². The van der Waals surface area contributed by atoms with Crippen molar-refractivity contribution in [1.29, 1.82) is 0 Å². The van der Waals surface area contributed by atoms with Gasteiger partial charge in [0.1, 0.15) is 6.04 Å². The van der Waals surface area contributed by atoms with Gasteiger partial charge >= 0.3 is 17.1 Å². The van der Waals surface area contributed by atoms with Crippen molar-refractivity contribution in [3.63, 3.8) is 0 Å². The van der Waals surface area contributed by atoms with Crippen molar-refractivity contribution in [3.05, 3.63) is 44.5 Å². The molecule has 2 rings (SSSR count). The number of aromatic nitrogens is 2. The Balaban J connectivity index is 2.30. The molecule has 8 nitrogen and oxygen atoms in total. The molecule has 0 unspecified atom stereocenters. The molecule has 0 aliphatic carbocycles. The third-order valence-electron chi connectivity index (χ3n) is 3.29. The Morgan fingerprint density at radius 1 is 1.13 bits per heavy atom. The Kier molecular flexibility index (Phi) is 4.63. The largest absolute Gasteiger partial charge is 0.480 e. The number of hydrogen-bond donors (Lipinski definition) is 4. The van der Waals surface area contributed by atoms with Crippen LogP contribution in [0.3, 0.4) is 0 Å². The summed E-state index contributed by atoms with van der Waals surface area (Å²) >= 11 is 0. The van der Waals surface area contributed by atoms with E-state index in [0.29, 0.717) is 11.9 Å². The van der Waals surface area contributed by atoms with Crippen molar-refractivity contribution >= 4 is 22.9 Å². The van der Waals surface area contributed by atoms with Crippen LogP contribution in [0, 0.1) is 5.92 Å². The molecule has 1 aromatic carbocycles. The first-order chi connectivity index (χ1) is 10.8. The van der Waals surface area contributed by atoms with E-state index in [1.165, 1.54) is 18.2 Å². The first kappa shape index (κ1) is 16.5. The molecular weight excluding hydrogens is 302 g/mol. The van der Waals surface area contributed by atoms with E-state index in [4.69, 9.17) is 5.11 Å². The van der Waals surface area contributed by atoms with E-state index >= 15 is 0 Å². The van der Waals surface area contributed by atoms with E-state index in [9.17, 15) is 19.2 Å². The smallest absolute Gasteiger partial charge is 0.326 e. The predicted octanol–water partition coefficient (Wildman–Crippen LogP) is 0.445. The topological polar surface area (TPSA) is 132 Å². The molecular formula is C15H17N3O5. The molecule has 0 saturated heterocycles. The van der Waals surface area contributed by atoms with Crippen LogP contribution in [0.1, 0.15) is 30.6 Å². The molecule has 0 radical (unpaired) electrons. The summed E-state index contributed by atoms with van der Waals surface area (Å²) in [5.41, 5.74) is -0.743. The zero-order valence-electron chi connectivity index (χ0n) is 12.7. The molecule has 0 aliphatic rings. The molecule has 0 fully saturated rings. The first-order valence-corrected chi connectivity index (χ1v) is 7.08. The number of nitrogens with one attached hydrogen (secondary N) is 3. The Hall–Kier alpha value is -2.90. The lowest BCUT2D eigenvalue weighted by Gasteiger charge is -2.16. The van der Waals surface area contributed by atoms with Gasteiger partial charge in [-0.25, -0.2) is 4.79 Å². The number of benzene rings is 1. The molecule has 1 amide bonds. The summed E-state index contributed by atoms with van der Waals surface area (Å²) in [5.74, 6) is -1.56. The van der Waals surface area contributed by atoms with Gasteiger partial charge in [0.25, 0.3) is 5.91 Å². The lowest BCUT2D eigenvalue weighted by molar-refractivity contribution is -0.139. The van der Waals surface area contributed by atoms with Crippen molar-refractivity contribution in [2.24, 2.45) is 5.92 Å². The van der Waals surface area contributed by atoms with E-state index in [0.717, 1.165) is 0 Å². The molecule has 0 saturated carbocycles. The molecule has 0 spiro atoms.